The highest BCUT2D eigenvalue weighted by Crippen LogP contribution is 2.32. The molecule has 118 valence electrons. The maximum Gasteiger partial charge on any atom is 0.305 e. The fraction of sp³-hybridized carbons (Fsp3) is 0.938. The molecule has 1 aliphatic heterocycles. The summed E-state index contributed by atoms with van der Waals surface area (Å²) in [6, 6.07) is 0. The number of carbonyl (C=O) groups is 1. The lowest BCUT2D eigenvalue weighted by Gasteiger charge is -2.30. The van der Waals surface area contributed by atoms with Crippen LogP contribution in [0.25, 0.3) is 0 Å². The number of carbonyl (C=O) groups excluding carboxylic acids is 1. The summed E-state index contributed by atoms with van der Waals surface area (Å²) in [5, 5.41) is 0. The van der Waals surface area contributed by atoms with Gasteiger partial charge in [-0.3, -0.25) is 4.79 Å². The molecule has 0 aromatic rings. The molecule has 1 aliphatic rings. The Hall–Kier alpha value is -0.610. The molecule has 1 atom stereocenters. The van der Waals surface area contributed by atoms with E-state index in [1.165, 1.54) is 0 Å². The van der Waals surface area contributed by atoms with Crippen molar-refractivity contribution in [1.82, 2.24) is 0 Å². The van der Waals surface area contributed by atoms with Gasteiger partial charge in [-0.1, -0.05) is 20.8 Å². The Balaban J connectivity index is 2.23. The summed E-state index contributed by atoms with van der Waals surface area (Å²) in [7, 11) is 0. The Morgan fingerprint density at radius 3 is 2.50 bits per heavy atom. The van der Waals surface area contributed by atoms with Crippen molar-refractivity contribution in [1.29, 1.82) is 0 Å². The van der Waals surface area contributed by atoms with Gasteiger partial charge in [0, 0.05) is 19.6 Å². The molecular weight excluding hydrogens is 254 g/mol. The van der Waals surface area contributed by atoms with Crippen LogP contribution in [-0.4, -0.2) is 32.3 Å². The van der Waals surface area contributed by atoms with Crippen LogP contribution in [0.15, 0.2) is 0 Å². The minimum Gasteiger partial charge on any atom is -0.465 e. The van der Waals surface area contributed by atoms with Gasteiger partial charge in [-0.15, -0.1) is 0 Å². The van der Waals surface area contributed by atoms with E-state index in [-0.39, 0.29) is 11.4 Å². The maximum atomic E-state index is 11.8. The van der Waals surface area contributed by atoms with Crippen LogP contribution in [0, 0.1) is 17.3 Å². The van der Waals surface area contributed by atoms with Crippen molar-refractivity contribution in [2.45, 2.75) is 52.9 Å². The van der Waals surface area contributed by atoms with Crippen molar-refractivity contribution in [2.75, 3.05) is 26.4 Å². The van der Waals surface area contributed by atoms with Crippen molar-refractivity contribution in [3.63, 3.8) is 0 Å². The lowest BCUT2D eigenvalue weighted by molar-refractivity contribution is -0.146. The van der Waals surface area contributed by atoms with Gasteiger partial charge in [-0.25, -0.2) is 0 Å². The van der Waals surface area contributed by atoms with Crippen molar-refractivity contribution in [3.8, 4) is 0 Å². The van der Waals surface area contributed by atoms with Crippen LogP contribution < -0.4 is 5.73 Å². The molecule has 0 amide bonds. The molecule has 1 unspecified atom stereocenters. The van der Waals surface area contributed by atoms with Gasteiger partial charge >= 0.3 is 5.97 Å². The van der Waals surface area contributed by atoms with E-state index >= 15 is 0 Å². The molecule has 0 spiro atoms. The van der Waals surface area contributed by atoms with Gasteiger partial charge in [0.1, 0.15) is 0 Å². The molecule has 0 saturated carbocycles. The summed E-state index contributed by atoms with van der Waals surface area (Å²) in [5.74, 6) is 0.890. The number of ether oxygens (including phenoxy) is 2. The molecule has 0 radical (unpaired) electrons. The Labute approximate surface area is 123 Å². The third-order valence-electron chi connectivity index (χ3n) is 4.26. The minimum atomic E-state index is -0.0669. The summed E-state index contributed by atoms with van der Waals surface area (Å²) in [6.07, 6.45) is 4.35. The smallest absolute Gasteiger partial charge is 0.305 e. The Bertz CT molecular complexity index is 280. The largest absolute Gasteiger partial charge is 0.465 e. The molecular formula is C16H31NO3. The van der Waals surface area contributed by atoms with E-state index in [0.717, 1.165) is 38.9 Å². The van der Waals surface area contributed by atoms with E-state index in [4.69, 9.17) is 15.2 Å². The lowest BCUT2D eigenvalue weighted by Crippen LogP contribution is -2.25. The Morgan fingerprint density at radius 1 is 1.30 bits per heavy atom. The zero-order valence-corrected chi connectivity index (χ0v) is 13.3. The van der Waals surface area contributed by atoms with Crippen LogP contribution in [-0.2, 0) is 14.3 Å². The monoisotopic (exact) mass is 285 g/mol. The van der Waals surface area contributed by atoms with Gasteiger partial charge in [-0.2, -0.15) is 0 Å². The zero-order valence-electron chi connectivity index (χ0n) is 13.3. The maximum absolute atomic E-state index is 11.8. The number of hydrogen-bond acceptors (Lipinski definition) is 4. The van der Waals surface area contributed by atoms with E-state index in [1.54, 1.807) is 0 Å². The number of rotatable bonds is 7. The van der Waals surface area contributed by atoms with E-state index in [9.17, 15) is 4.79 Å². The molecule has 0 aromatic carbocycles. The highest BCUT2D eigenvalue weighted by molar-refractivity contribution is 5.69. The normalized spacial score (nSPS) is 18.8. The fourth-order valence-corrected chi connectivity index (χ4v) is 2.70. The minimum absolute atomic E-state index is 0.0669. The van der Waals surface area contributed by atoms with E-state index < -0.39 is 0 Å². The van der Waals surface area contributed by atoms with E-state index in [0.29, 0.717) is 31.4 Å². The highest BCUT2D eigenvalue weighted by Gasteiger charge is 2.25. The molecule has 4 nitrogen and oxygen atoms in total. The van der Waals surface area contributed by atoms with Crippen LogP contribution in [0.2, 0.25) is 0 Å². The zero-order chi connectivity index (χ0) is 15.0. The second-order valence-corrected chi connectivity index (χ2v) is 6.92. The van der Waals surface area contributed by atoms with Gasteiger partial charge in [-0.05, 0) is 49.5 Å². The van der Waals surface area contributed by atoms with E-state index in [2.05, 4.69) is 20.8 Å². The molecule has 1 rings (SSSR count). The summed E-state index contributed by atoms with van der Waals surface area (Å²) >= 11 is 0. The molecule has 4 heteroatoms. The molecule has 0 aliphatic carbocycles. The standard InChI is InChI=1S/C16H31NO3/c1-16(2,3)14(6-9-17)4-5-15(18)20-12-13-7-10-19-11-8-13/h13-14H,4-12,17H2,1-3H3. The quantitative estimate of drug-likeness (QED) is 0.731. The Morgan fingerprint density at radius 2 is 1.95 bits per heavy atom. The molecule has 0 aromatic heterocycles. The van der Waals surface area contributed by atoms with Crippen LogP contribution in [0.5, 0.6) is 0 Å². The van der Waals surface area contributed by atoms with Gasteiger partial charge < -0.3 is 15.2 Å². The SMILES string of the molecule is CC(C)(C)C(CCN)CCC(=O)OCC1CCOCC1. The van der Waals surface area contributed by atoms with Crippen LogP contribution >= 0.6 is 0 Å². The Kier molecular flexibility index (Phi) is 7.52. The van der Waals surface area contributed by atoms with Crippen molar-refractivity contribution >= 4 is 5.97 Å². The third-order valence-corrected chi connectivity index (χ3v) is 4.26. The predicted octanol–water partition coefficient (Wildman–Crippen LogP) is 2.75. The molecule has 20 heavy (non-hydrogen) atoms. The average Bonchev–Trinajstić information content (AvgIpc) is 2.41. The summed E-state index contributed by atoms with van der Waals surface area (Å²) in [5.41, 5.74) is 5.86. The second-order valence-electron chi connectivity index (χ2n) is 6.92. The predicted molar refractivity (Wildman–Crippen MR) is 80.4 cm³/mol. The second kappa shape index (κ2) is 8.63. The highest BCUT2D eigenvalue weighted by atomic mass is 16.5. The van der Waals surface area contributed by atoms with Gasteiger partial charge in [0.25, 0.3) is 0 Å². The molecule has 1 heterocycles. The van der Waals surface area contributed by atoms with E-state index in [1.807, 2.05) is 0 Å². The number of nitrogens with two attached hydrogens (primary N) is 1. The first-order chi connectivity index (χ1) is 9.43. The van der Waals surface area contributed by atoms with Gasteiger partial charge in [0.15, 0.2) is 0 Å². The first kappa shape index (κ1) is 17.4. The average molecular weight is 285 g/mol. The summed E-state index contributed by atoms with van der Waals surface area (Å²) < 4.78 is 10.7. The number of hydrogen-bond donors (Lipinski definition) is 1. The molecule has 1 saturated heterocycles. The van der Waals surface area contributed by atoms with Crippen molar-refractivity contribution in [3.05, 3.63) is 0 Å². The molecule has 0 bridgehead atoms. The third kappa shape index (κ3) is 6.71. The van der Waals surface area contributed by atoms with Crippen molar-refractivity contribution in [2.24, 2.45) is 23.0 Å². The first-order valence-corrected chi connectivity index (χ1v) is 7.87. The summed E-state index contributed by atoms with van der Waals surface area (Å²) in [4.78, 5) is 11.8. The van der Waals surface area contributed by atoms with Gasteiger partial charge in [0.2, 0.25) is 0 Å². The van der Waals surface area contributed by atoms with Crippen LogP contribution in [0.4, 0.5) is 0 Å². The first-order valence-electron chi connectivity index (χ1n) is 7.87. The summed E-state index contributed by atoms with van der Waals surface area (Å²) in [6.45, 7) is 9.45. The lowest BCUT2D eigenvalue weighted by atomic mass is 9.76. The topological polar surface area (TPSA) is 61.6 Å². The van der Waals surface area contributed by atoms with Crippen LogP contribution in [0.1, 0.15) is 52.9 Å². The van der Waals surface area contributed by atoms with Crippen molar-refractivity contribution < 1.29 is 14.3 Å². The van der Waals surface area contributed by atoms with Gasteiger partial charge in [0.05, 0.1) is 6.61 Å². The molecule has 1 fully saturated rings. The number of esters is 1. The molecule has 2 N–H and O–H groups in total. The fourth-order valence-electron chi connectivity index (χ4n) is 2.70. The van der Waals surface area contributed by atoms with Crippen LogP contribution in [0.3, 0.4) is 0 Å².